The van der Waals surface area contributed by atoms with Gasteiger partial charge in [0.15, 0.2) is 0 Å². The van der Waals surface area contributed by atoms with Gasteiger partial charge in [0.25, 0.3) is 0 Å². The van der Waals surface area contributed by atoms with Gasteiger partial charge in [0, 0.05) is 10.6 Å². The van der Waals surface area contributed by atoms with Crippen molar-refractivity contribution in [1.82, 2.24) is 0 Å². The molecule has 23 heavy (non-hydrogen) atoms. The summed E-state index contributed by atoms with van der Waals surface area (Å²) in [6.45, 7) is 6.86. The fraction of sp³-hybridized carbons (Fsp3) is 0.400. The Morgan fingerprint density at radius 2 is 1.65 bits per heavy atom. The average Bonchev–Trinajstić information content (AvgIpc) is 2.58. The number of aryl methyl sites for hydroxylation is 1. The van der Waals surface area contributed by atoms with E-state index in [0.29, 0.717) is 6.61 Å². The molecule has 0 aliphatic heterocycles. The van der Waals surface area contributed by atoms with Crippen LogP contribution in [0.3, 0.4) is 0 Å². The molecule has 0 saturated heterocycles. The zero-order chi connectivity index (χ0) is 16.5. The molecule has 2 aromatic rings. The summed E-state index contributed by atoms with van der Waals surface area (Å²) in [6, 6.07) is 18.7. The summed E-state index contributed by atoms with van der Waals surface area (Å²) in [4.78, 5) is 1.26. The summed E-state index contributed by atoms with van der Waals surface area (Å²) in [5.74, 6) is 1.79. The SMILES string of the molecule is CCc1ccc(OCC(CSc2ccccc2)OC(C)C)cc1. The van der Waals surface area contributed by atoms with Crippen LogP contribution in [0.2, 0.25) is 0 Å². The lowest BCUT2D eigenvalue weighted by molar-refractivity contribution is -0.00354. The van der Waals surface area contributed by atoms with Crippen LogP contribution in [-0.2, 0) is 11.2 Å². The third-order valence-electron chi connectivity index (χ3n) is 3.41. The van der Waals surface area contributed by atoms with Crippen LogP contribution in [0.25, 0.3) is 0 Å². The molecule has 0 aromatic heterocycles. The minimum atomic E-state index is 0.0751. The van der Waals surface area contributed by atoms with E-state index in [2.05, 4.69) is 57.2 Å². The number of ether oxygens (including phenoxy) is 2. The van der Waals surface area contributed by atoms with Crippen molar-refractivity contribution in [2.24, 2.45) is 0 Å². The Balaban J connectivity index is 1.86. The zero-order valence-electron chi connectivity index (χ0n) is 14.2. The third kappa shape index (κ3) is 6.67. The minimum Gasteiger partial charge on any atom is -0.491 e. The molecule has 0 spiro atoms. The molecule has 0 saturated carbocycles. The Morgan fingerprint density at radius 1 is 0.957 bits per heavy atom. The van der Waals surface area contributed by atoms with E-state index >= 15 is 0 Å². The van der Waals surface area contributed by atoms with Crippen LogP contribution in [0.4, 0.5) is 0 Å². The Morgan fingerprint density at radius 3 is 2.26 bits per heavy atom. The monoisotopic (exact) mass is 330 g/mol. The molecule has 2 rings (SSSR count). The fourth-order valence-corrected chi connectivity index (χ4v) is 3.13. The van der Waals surface area contributed by atoms with Gasteiger partial charge in [0.1, 0.15) is 18.5 Å². The number of thioether (sulfide) groups is 1. The second kappa shape index (κ2) is 9.64. The molecule has 0 N–H and O–H groups in total. The van der Waals surface area contributed by atoms with Crippen LogP contribution < -0.4 is 4.74 Å². The molecular weight excluding hydrogens is 304 g/mol. The lowest BCUT2D eigenvalue weighted by Gasteiger charge is -2.20. The molecule has 124 valence electrons. The van der Waals surface area contributed by atoms with Gasteiger partial charge in [-0.1, -0.05) is 37.3 Å². The maximum atomic E-state index is 5.99. The highest BCUT2D eigenvalue weighted by Gasteiger charge is 2.13. The molecule has 1 unspecified atom stereocenters. The first-order chi connectivity index (χ1) is 11.2. The standard InChI is InChI=1S/C20H26O2S/c1-4-17-10-12-18(13-11-17)21-14-19(22-16(2)3)15-23-20-8-6-5-7-9-20/h5-13,16,19H,4,14-15H2,1-3H3. The van der Waals surface area contributed by atoms with Gasteiger partial charge in [-0.15, -0.1) is 11.8 Å². The molecule has 3 heteroatoms. The molecular formula is C20H26O2S. The van der Waals surface area contributed by atoms with Crippen LogP contribution in [0.1, 0.15) is 26.3 Å². The van der Waals surface area contributed by atoms with Gasteiger partial charge < -0.3 is 9.47 Å². The molecule has 0 amide bonds. The second-order valence-corrected chi connectivity index (χ2v) is 6.83. The van der Waals surface area contributed by atoms with Crippen molar-refractivity contribution in [2.45, 2.75) is 44.3 Å². The first-order valence-electron chi connectivity index (χ1n) is 8.22. The van der Waals surface area contributed by atoms with Crippen LogP contribution >= 0.6 is 11.8 Å². The molecule has 0 heterocycles. The Bertz CT molecular complexity index is 552. The van der Waals surface area contributed by atoms with Gasteiger partial charge in [-0.25, -0.2) is 0 Å². The highest BCUT2D eigenvalue weighted by molar-refractivity contribution is 7.99. The number of benzene rings is 2. The average molecular weight is 330 g/mol. The number of hydrogen-bond acceptors (Lipinski definition) is 3. The Hall–Kier alpha value is -1.45. The molecule has 0 radical (unpaired) electrons. The van der Waals surface area contributed by atoms with Crippen molar-refractivity contribution in [1.29, 1.82) is 0 Å². The van der Waals surface area contributed by atoms with Gasteiger partial charge in [0.05, 0.1) is 6.10 Å². The predicted octanol–water partition coefficient (Wildman–Crippen LogP) is 5.21. The Labute approximate surface area is 144 Å². The van der Waals surface area contributed by atoms with Gasteiger partial charge >= 0.3 is 0 Å². The van der Waals surface area contributed by atoms with Crippen molar-refractivity contribution in [2.75, 3.05) is 12.4 Å². The fourth-order valence-electron chi connectivity index (χ4n) is 2.23. The molecule has 2 aromatic carbocycles. The highest BCUT2D eigenvalue weighted by atomic mass is 32.2. The first-order valence-corrected chi connectivity index (χ1v) is 9.21. The van der Waals surface area contributed by atoms with Crippen LogP contribution in [0.5, 0.6) is 5.75 Å². The minimum absolute atomic E-state index is 0.0751. The maximum absolute atomic E-state index is 5.99. The normalized spacial score (nSPS) is 12.3. The van der Waals surface area contributed by atoms with Crippen molar-refractivity contribution >= 4 is 11.8 Å². The van der Waals surface area contributed by atoms with E-state index in [1.54, 1.807) is 11.8 Å². The maximum Gasteiger partial charge on any atom is 0.119 e. The highest BCUT2D eigenvalue weighted by Crippen LogP contribution is 2.20. The van der Waals surface area contributed by atoms with Crippen molar-refractivity contribution < 1.29 is 9.47 Å². The van der Waals surface area contributed by atoms with Gasteiger partial charge in [-0.2, -0.15) is 0 Å². The molecule has 1 atom stereocenters. The summed E-state index contributed by atoms with van der Waals surface area (Å²) < 4.78 is 11.9. The number of rotatable bonds is 9. The summed E-state index contributed by atoms with van der Waals surface area (Å²) >= 11 is 1.81. The van der Waals surface area contributed by atoms with Gasteiger partial charge in [-0.05, 0) is 50.1 Å². The smallest absolute Gasteiger partial charge is 0.119 e. The van der Waals surface area contributed by atoms with E-state index in [9.17, 15) is 0 Å². The van der Waals surface area contributed by atoms with Gasteiger partial charge in [0.2, 0.25) is 0 Å². The molecule has 0 fully saturated rings. The van der Waals surface area contributed by atoms with E-state index in [1.165, 1.54) is 10.5 Å². The van der Waals surface area contributed by atoms with Crippen LogP contribution in [0.15, 0.2) is 59.5 Å². The largest absolute Gasteiger partial charge is 0.491 e. The summed E-state index contributed by atoms with van der Waals surface area (Å²) in [7, 11) is 0. The predicted molar refractivity (Wildman–Crippen MR) is 98.5 cm³/mol. The molecule has 0 bridgehead atoms. The third-order valence-corrected chi connectivity index (χ3v) is 4.56. The van der Waals surface area contributed by atoms with E-state index in [4.69, 9.17) is 9.47 Å². The van der Waals surface area contributed by atoms with E-state index in [0.717, 1.165) is 17.9 Å². The molecule has 0 aliphatic rings. The van der Waals surface area contributed by atoms with E-state index in [-0.39, 0.29) is 12.2 Å². The second-order valence-electron chi connectivity index (χ2n) is 5.74. The first kappa shape index (κ1) is 17.9. The molecule has 2 nitrogen and oxygen atoms in total. The van der Waals surface area contributed by atoms with Crippen LogP contribution in [-0.4, -0.2) is 24.6 Å². The molecule has 0 aliphatic carbocycles. The zero-order valence-corrected chi connectivity index (χ0v) is 15.0. The van der Waals surface area contributed by atoms with Crippen LogP contribution in [0, 0.1) is 0 Å². The number of hydrogen-bond donors (Lipinski definition) is 0. The summed E-state index contributed by atoms with van der Waals surface area (Å²) in [6.07, 6.45) is 1.32. The topological polar surface area (TPSA) is 18.5 Å². The summed E-state index contributed by atoms with van der Waals surface area (Å²) in [5.41, 5.74) is 1.33. The summed E-state index contributed by atoms with van der Waals surface area (Å²) in [5, 5.41) is 0. The Kier molecular flexibility index (Phi) is 7.50. The van der Waals surface area contributed by atoms with Crippen molar-refractivity contribution in [3.05, 3.63) is 60.2 Å². The van der Waals surface area contributed by atoms with Crippen molar-refractivity contribution in [3.8, 4) is 5.75 Å². The van der Waals surface area contributed by atoms with E-state index in [1.807, 2.05) is 18.2 Å². The lowest BCUT2D eigenvalue weighted by Crippen LogP contribution is -2.27. The van der Waals surface area contributed by atoms with Crippen molar-refractivity contribution in [3.63, 3.8) is 0 Å². The lowest BCUT2D eigenvalue weighted by atomic mass is 10.2. The van der Waals surface area contributed by atoms with Gasteiger partial charge in [-0.3, -0.25) is 0 Å². The quantitative estimate of drug-likeness (QED) is 0.588. The van der Waals surface area contributed by atoms with E-state index < -0.39 is 0 Å².